The normalized spacial score (nSPS) is 16.3. The molecule has 0 aliphatic carbocycles. The van der Waals surface area contributed by atoms with Crippen LogP contribution in [0.15, 0.2) is 26.8 Å². The zero-order chi connectivity index (χ0) is 14.3. The molecule has 7 heteroatoms. The smallest absolute Gasteiger partial charge is 0.246 e. The van der Waals surface area contributed by atoms with Crippen molar-refractivity contribution in [2.24, 2.45) is 0 Å². The van der Waals surface area contributed by atoms with E-state index >= 15 is 0 Å². The summed E-state index contributed by atoms with van der Waals surface area (Å²) in [6.07, 6.45) is 0.746. The SMILES string of the molecule is Cc1oc(CO)cc1S(=O)(=O)N1CCc2sccc2C1. The molecule has 5 nitrogen and oxygen atoms in total. The van der Waals surface area contributed by atoms with Crippen LogP contribution in [0, 0.1) is 6.92 Å². The third-order valence-corrected chi connectivity index (χ3v) is 6.45. The second-order valence-corrected chi connectivity index (χ2v) is 7.66. The van der Waals surface area contributed by atoms with E-state index in [1.54, 1.807) is 18.3 Å². The number of furan rings is 1. The Balaban J connectivity index is 1.95. The molecule has 0 spiro atoms. The van der Waals surface area contributed by atoms with Gasteiger partial charge in [0.1, 0.15) is 23.0 Å². The van der Waals surface area contributed by atoms with E-state index in [1.165, 1.54) is 15.2 Å². The van der Waals surface area contributed by atoms with Crippen molar-refractivity contribution < 1.29 is 17.9 Å². The third kappa shape index (κ3) is 2.20. The Kier molecular flexibility index (Phi) is 3.45. The molecular formula is C13H15NO4S2. The maximum atomic E-state index is 12.7. The topological polar surface area (TPSA) is 70.8 Å². The highest BCUT2D eigenvalue weighted by atomic mass is 32.2. The number of nitrogens with zero attached hydrogens (tertiary/aromatic N) is 1. The first kappa shape index (κ1) is 13.8. The summed E-state index contributed by atoms with van der Waals surface area (Å²) < 4.78 is 32.0. The van der Waals surface area contributed by atoms with Crippen LogP contribution < -0.4 is 0 Å². The number of rotatable bonds is 3. The lowest BCUT2D eigenvalue weighted by Gasteiger charge is -2.25. The Hall–Kier alpha value is -1.15. The quantitative estimate of drug-likeness (QED) is 0.939. The van der Waals surface area contributed by atoms with Gasteiger partial charge in [-0.1, -0.05) is 0 Å². The zero-order valence-corrected chi connectivity index (χ0v) is 12.6. The number of hydrogen-bond donors (Lipinski definition) is 1. The zero-order valence-electron chi connectivity index (χ0n) is 11.0. The second kappa shape index (κ2) is 5.00. The summed E-state index contributed by atoms with van der Waals surface area (Å²) in [7, 11) is -3.57. The van der Waals surface area contributed by atoms with E-state index < -0.39 is 10.0 Å². The summed E-state index contributed by atoms with van der Waals surface area (Å²) in [6, 6.07) is 3.39. The fourth-order valence-corrected chi connectivity index (χ4v) is 4.92. The minimum atomic E-state index is -3.57. The van der Waals surface area contributed by atoms with Gasteiger partial charge in [-0.05, 0) is 30.4 Å². The Bertz CT molecular complexity index is 729. The van der Waals surface area contributed by atoms with Crippen molar-refractivity contribution in [2.75, 3.05) is 6.54 Å². The molecule has 108 valence electrons. The van der Waals surface area contributed by atoms with Gasteiger partial charge in [0, 0.05) is 24.0 Å². The van der Waals surface area contributed by atoms with E-state index in [4.69, 9.17) is 9.52 Å². The minimum absolute atomic E-state index is 0.153. The largest absolute Gasteiger partial charge is 0.462 e. The first-order chi connectivity index (χ1) is 9.52. The van der Waals surface area contributed by atoms with Gasteiger partial charge >= 0.3 is 0 Å². The molecule has 0 saturated carbocycles. The summed E-state index contributed by atoms with van der Waals surface area (Å²) in [5.41, 5.74) is 1.08. The van der Waals surface area contributed by atoms with E-state index in [9.17, 15) is 8.42 Å². The molecule has 20 heavy (non-hydrogen) atoms. The lowest BCUT2D eigenvalue weighted by atomic mass is 10.1. The van der Waals surface area contributed by atoms with E-state index in [0.29, 0.717) is 18.8 Å². The van der Waals surface area contributed by atoms with Crippen LogP contribution >= 0.6 is 11.3 Å². The van der Waals surface area contributed by atoms with Gasteiger partial charge < -0.3 is 9.52 Å². The van der Waals surface area contributed by atoms with Crippen LogP contribution in [0.5, 0.6) is 0 Å². The van der Waals surface area contributed by atoms with Gasteiger partial charge in [0.25, 0.3) is 0 Å². The summed E-state index contributed by atoms with van der Waals surface area (Å²) in [5.74, 6) is 0.597. The monoisotopic (exact) mass is 313 g/mol. The summed E-state index contributed by atoms with van der Waals surface area (Å²) in [5, 5.41) is 11.0. The van der Waals surface area contributed by atoms with E-state index in [0.717, 1.165) is 12.0 Å². The van der Waals surface area contributed by atoms with Gasteiger partial charge in [-0.25, -0.2) is 8.42 Å². The lowest BCUT2D eigenvalue weighted by Crippen LogP contribution is -2.35. The maximum Gasteiger partial charge on any atom is 0.246 e. The van der Waals surface area contributed by atoms with Crippen molar-refractivity contribution >= 4 is 21.4 Å². The molecule has 3 rings (SSSR count). The standard InChI is InChI=1S/C13H15NO4S2/c1-9-13(6-11(8-15)18-9)20(16,17)14-4-2-12-10(7-14)3-5-19-12/h3,5-6,15H,2,4,7-8H2,1H3. The number of aliphatic hydroxyl groups excluding tert-OH is 1. The van der Waals surface area contributed by atoms with Gasteiger partial charge in [0.15, 0.2) is 0 Å². The molecule has 2 aromatic rings. The molecule has 3 heterocycles. The first-order valence-corrected chi connectivity index (χ1v) is 8.60. The van der Waals surface area contributed by atoms with Crippen LogP contribution in [0.25, 0.3) is 0 Å². The highest BCUT2D eigenvalue weighted by molar-refractivity contribution is 7.89. The molecule has 2 aromatic heterocycles. The molecule has 0 fully saturated rings. The number of hydrogen-bond acceptors (Lipinski definition) is 5. The van der Waals surface area contributed by atoms with E-state index in [-0.39, 0.29) is 17.3 Å². The van der Waals surface area contributed by atoms with Crippen LogP contribution in [-0.4, -0.2) is 24.4 Å². The number of sulfonamides is 1. The molecule has 0 saturated heterocycles. The van der Waals surface area contributed by atoms with Gasteiger partial charge in [0.2, 0.25) is 10.0 Å². The molecule has 0 amide bonds. The van der Waals surface area contributed by atoms with Crippen LogP contribution in [-0.2, 0) is 29.6 Å². The Morgan fingerprint density at radius 1 is 1.50 bits per heavy atom. The number of aryl methyl sites for hydroxylation is 1. The molecule has 0 bridgehead atoms. The second-order valence-electron chi connectivity index (χ2n) is 4.75. The third-order valence-electron chi connectivity index (χ3n) is 3.47. The molecule has 0 atom stereocenters. The van der Waals surface area contributed by atoms with E-state index in [2.05, 4.69) is 0 Å². The summed E-state index contributed by atoms with van der Waals surface area (Å²) in [6.45, 7) is 2.19. The number of fused-ring (bicyclic) bond motifs is 1. The average molecular weight is 313 g/mol. The predicted molar refractivity (Wildman–Crippen MR) is 75.0 cm³/mol. The van der Waals surface area contributed by atoms with E-state index in [1.807, 2.05) is 11.4 Å². The van der Waals surface area contributed by atoms with Gasteiger partial charge in [0.05, 0.1) is 0 Å². The Morgan fingerprint density at radius 2 is 2.30 bits per heavy atom. The summed E-state index contributed by atoms with van der Waals surface area (Å²) in [4.78, 5) is 1.41. The molecule has 1 aliphatic rings. The van der Waals surface area contributed by atoms with Crippen molar-refractivity contribution in [3.05, 3.63) is 39.5 Å². The lowest BCUT2D eigenvalue weighted by molar-refractivity contribution is 0.244. The molecule has 1 aliphatic heterocycles. The van der Waals surface area contributed by atoms with Crippen molar-refractivity contribution in [1.82, 2.24) is 4.31 Å². The Morgan fingerprint density at radius 3 is 3.00 bits per heavy atom. The van der Waals surface area contributed by atoms with Crippen molar-refractivity contribution in [1.29, 1.82) is 0 Å². The van der Waals surface area contributed by atoms with Gasteiger partial charge in [-0.15, -0.1) is 11.3 Å². The minimum Gasteiger partial charge on any atom is -0.462 e. The average Bonchev–Trinajstić information content (AvgIpc) is 3.03. The molecular weight excluding hydrogens is 298 g/mol. The van der Waals surface area contributed by atoms with Gasteiger partial charge in [-0.2, -0.15) is 4.31 Å². The van der Waals surface area contributed by atoms with Crippen molar-refractivity contribution in [3.63, 3.8) is 0 Å². The molecule has 1 N–H and O–H groups in total. The fourth-order valence-electron chi connectivity index (χ4n) is 2.43. The predicted octanol–water partition coefficient (Wildman–Crippen LogP) is 1.89. The maximum absolute atomic E-state index is 12.7. The highest BCUT2D eigenvalue weighted by Gasteiger charge is 2.31. The van der Waals surface area contributed by atoms with Crippen molar-refractivity contribution in [3.8, 4) is 0 Å². The fraction of sp³-hybridized carbons (Fsp3) is 0.385. The van der Waals surface area contributed by atoms with Crippen LogP contribution in [0.4, 0.5) is 0 Å². The number of thiophene rings is 1. The van der Waals surface area contributed by atoms with Gasteiger partial charge in [-0.3, -0.25) is 0 Å². The Labute approximate surface area is 121 Å². The van der Waals surface area contributed by atoms with Crippen molar-refractivity contribution in [2.45, 2.75) is 31.4 Å². The van der Waals surface area contributed by atoms with Crippen LogP contribution in [0.1, 0.15) is 22.0 Å². The highest BCUT2D eigenvalue weighted by Crippen LogP contribution is 2.30. The molecule has 0 unspecified atom stereocenters. The first-order valence-electron chi connectivity index (χ1n) is 6.28. The summed E-state index contributed by atoms with van der Waals surface area (Å²) >= 11 is 1.67. The molecule has 0 radical (unpaired) electrons. The molecule has 0 aromatic carbocycles. The van der Waals surface area contributed by atoms with Crippen LogP contribution in [0.3, 0.4) is 0 Å². The van der Waals surface area contributed by atoms with Crippen LogP contribution in [0.2, 0.25) is 0 Å². The number of aliphatic hydroxyl groups is 1.